The number of aromatic nitrogens is 3. The number of anilines is 2. The number of nitrogen functional groups attached to an aromatic ring is 1. The van der Waals surface area contributed by atoms with Crippen molar-refractivity contribution in [3.05, 3.63) is 18.6 Å². The molecule has 0 fully saturated rings. The summed E-state index contributed by atoms with van der Waals surface area (Å²) in [5, 5.41) is 2.96. The smallest absolute Gasteiger partial charge is 0.215 e. The van der Waals surface area contributed by atoms with Crippen LogP contribution in [0.3, 0.4) is 0 Å². The topological polar surface area (TPSA) is 118 Å². The zero-order valence-corrected chi connectivity index (χ0v) is 12.1. The molecule has 0 amide bonds. The van der Waals surface area contributed by atoms with Gasteiger partial charge in [-0.25, -0.2) is 28.5 Å². The van der Waals surface area contributed by atoms with Crippen LogP contribution in [0.4, 0.5) is 11.6 Å². The van der Waals surface area contributed by atoms with Crippen molar-refractivity contribution in [1.82, 2.24) is 18.7 Å². The third kappa shape index (κ3) is 2.98. The van der Waals surface area contributed by atoms with Gasteiger partial charge in [0.2, 0.25) is 10.0 Å². The van der Waals surface area contributed by atoms with E-state index in [2.05, 4.69) is 20.7 Å². The molecule has 0 radical (unpaired) electrons. The number of hydrogen-bond donors (Lipinski definition) is 3. The second-order valence-corrected chi connectivity index (χ2v) is 6.60. The normalized spacial score (nSPS) is 12.0. The van der Waals surface area contributed by atoms with Gasteiger partial charge in [0.05, 0.1) is 11.9 Å². The highest BCUT2D eigenvalue weighted by Crippen LogP contribution is 2.15. The Hall–Kier alpha value is -1.91. The first kappa shape index (κ1) is 14.5. The van der Waals surface area contributed by atoms with E-state index in [0.29, 0.717) is 17.3 Å². The van der Waals surface area contributed by atoms with Gasteiger partial charge >= 0.3 is 0 Å². The van der Waals surface area contributed by atoms with Crippen LogP contribution in [0.25, 0.3) is 5.65 Å². The quantitative estimate of drug-likeness (QED) is 0.477. The van der Waals surface area contributed by atoms with Gasteiger partial charge in [-0.2, -0.15) is 0 Å². The summed E-state index contributed by atoms with van der Waals surface area (Å²) in [4.78, 5) is 8.37. The van der Waals surface area contributed by atoms with Crippen molar-refractivity contribution in [1.29, 1.82) is 0 Å². The lowest BCUT2D eigenvalue weighted by molar-refractivity contribution is 0.521. The lowest BCUT2D eigenvalue weighted by Gasteiger charge is -2.12. The number of nitrogens with two attached hydrogens (primary N) is 1. The third-order valence-corrected chi connectivity index (χ3v) is 4.56. The van der Waals surface area contributed by atoms with E-state index in [1.165, 1.54) is 18.4 Å². The summed E-state index contributed by atoms with van der Waals surface area (Å²) < 4.78 is 26.3. The number of nitrogens with one attached hydrogen (secondary N) is 2. The van der Waals surface area contributed by atoms with Gasteiger partial charge in [0.1, 0.15) is 0 Å². The Balaban J connectivity index is 2.15. The van der Waals surface area contributed by atoms with Gasteiger partial charge in [-0.1, -0.05) is 0 Å². The molecule has 110 valence electrons. The summed E-state index contributed by atoms with van der Waals surface area (Å²) in [7, 11) is -0.250. The fraction of sp³-hybridized carbons (Fsp3) is 0.400. The first-order valence-electron chi connectivity index (χ1n) is 5.88. The molecule has 4 N–H and O–H groups in total. The summed E-state index contributed by atoms with van der Waals surface area (Å²) in [6, 6.07) is 0. The first-order valence-corrected chi connectivity index (χ1v) is 7.49. The molecule has 0 aromatic carbocycles. The molecule has 20 heavy (non-hydrogen) atoms. The van der Waals surface area contributed by atoms with Crippen LogP contribution >= 0.6 is 0 Å². The second-order valence-electron chi connectivity index (χ2n) is 4.30. The van der Waals surface area contributed by atoms with E-state index in [-0.39, 0.29) is 12.3 Å². The average Bonchev–Trinajstić information content (AvgIpc) is 2.86. The third-order valence-electron chi connectivity index (χ3n) is 2.73. The van der Waals surface area contributed by atoms with Gasteiger partial charge in [0.25, 0.3) is 0 Å². The molecule has 0 saturated carbocycles. The largest absolute Gasteiger partial charge is 0.366 e. The molecule has 9 nitrogen and oxygen atoms in total. The highest BCUT2D eigenvalue weighted by Gasteiger charge is 2.14. The van der Waals surface area contributed by atoms with E-state index in [1.54, 1.807) is 23.0 Å². The van der Waals surface area contributed by atoms with Crippen LogP contribution in [0.1, 0.15) is 0 Å². The molecule has 0 bridgehead atoms. The summed E-state index contributed by atoms with van der Waals surface area (Å²) in [6.07, 6.45) is 5.06. The number of nitrogens with zero attached hydrogens (tertiary/aromatic N) is 4. The Kier molecular flexibility index (Phi) is 4.06. The van der Waals surface area contributed by atoms with Gasteiger partial charge in [-0.15, -0.1) is 0 Å². The maximum atomic E-state index is 11.7. The monoisotopic (exact) mass is 299 g/mol. The van der Waals surface area contributed by atoms with Crippen LogP contribution in [-0.2, 0) is 10.0 Å². The number of hydrogen-bond acceptors (Lipinski definition) is 7. The fourth-order valence-electron chi connectivity index (χ4n) is 1.60. The molecule has 10 heteroatoms. The van der Waals surface area contributed by atoms with Crippen molar-refractivity contribution in [2.75, 3.05) is 37.1 Å². The summed E-state index contributed by atoms with van der Waals surface area (Å²) >= 11 is 0. The highest BCUT2D eigenvalue weighted by atomic mass is 32.2. The Morgan fingerprint density at radius 3 is 2.85 bits per heavy atom. The van der Waals surface area contributed by atoms with Crippen LogP contribution in [0.5, 0.6) is 0 Å². The van der Waals surface area contributed by atoms with E-state index >= 15 is 0 Å². The van der Waals surface area contributed by atoms with Crippen molar-refractivity contribution < 1.29 is 8.42 Å². The maximum absolute atomic E-state index is 11.7. The molecule has 0 aliphatic heterocycles. The van der Waals surface area contributed by atoms with Gasteiger partial charge in [-0.05, 0) is 0 Å². The molecule has 2 rings (SSSR count). The van der Waals surface area contributed by atoms with E-state index in [4.69, 9.17) is 5.84 Å². The molecule has 0 atom stereocenters. The van der Waals surface area contributed by atoms with E-state index in [1.807, 2.05) is 0 Å². The predicted octanol–water partition coefficient (Wildman–Crippen LogP) is -0.682. The minimum absolute atomic E-state index is 0.0329. The number of imidazole rings is 1. The molecule has 0 unspecified atom stereocenters. The lowest BCUT2D eigenvalue weighted by Crippen LogP contribution is -2.28. The Morgan fingerprint density at radius 2 is 2.20 bits per heavy atom. The van der Waals surface area contributed by atoms with Crippen LogP contribution in [0.15, 0.2) is 18.6 Å². The molecule has 0 saturated heterocycles. The van der Waals surface area contributed by atoms with Gasteiger partial charge < -0.3 is 15.1 Å². The summed E-state index contributed by atoms with van der Waals surface area (Å²) in [5.41, 5.74) is 3.05. The lowest BCUT2D eigenvalue weighted by atomic mass is 10.5. The van der Waals surface area contributed by atoms with Crippen molar-refractivity contribution in [2.24, 2.45) is 5.84 Å². The summed E-state index contributed by atoms with van der Waals surface area (Å²) in [6.45, 7) is 0.226. The van der Waals surface area contributed by atoms with Crippen molar-refractivity contribution in [2.45, 2.75) is 0 Å². The molecule has 2 aromatic heterocycles. The molecule has 2 heterocycles. The van der Waals surface area contributed by atoms with Gasteiger partial charge in [-0.3, -0.25) is 0 Å². The number of sulfonamides is 1. The highest BCUT2D eigenvalue weighted by molar-refractivity contribution is 7.89. The number of hydrazine groups is 1. The number of fused-ring (bicyclic) bond motifs is 1. The fourth-order valence-corrected chi connectivity index (χ4v) is 2.33. The summed E-state index contributed by atoms with van der Waals surface area (Å²) in [5.74, 6) is 6.23. The van der Waals surface area contributed by atoms with E-state index in [0.717, 1.165) is 0 Å². The minimum Gasteiger partial charge on any atom is -0.366 e. The van der Waals surface area contributed by atoms with Crippen LogP contribution < -0.4 is 16.6 Å². The van der Waals surface area contributed by atoms with Crippen molar-refractivity contribution in [3.63, 3.8) is 0 Å². The number of rotatable bonds is 6. The van der Waals surface area contributed by atoms with Gasteiger partial charge in [0, 0.05) is 33.0 Å². The zero-order valence-electron chi connectivity index (χ0n) is 11.2. The Bertz CT molecular complexity index is 695. The average molecular weight is 299 g/mol. The maximum Gasteiger partial charge on any atom is 0.215 e. The van der Waals surface area contributed by atoms with Crippen LogP contribution in [0.2, 0.25) is 0 Å². The molecular weight excluding hydrogens is 282 g/mol. The minimum atomic E-state index is -3.25. The van der Waals surface area contributed by atoms with E-state index in [9.17, 15) is 8.42 Å². The second kappa shape index (κ2) is 5.61. The van der Waals surface area contributed by atoms with Crippen molar-refractivity contribution in [3.8, 4) is 0 Å². The molecule has 0 spiro atoms. The Labute approximate surface area is 116 Å². The molecule has 0 aliphatic rings. The molecule has 0 aliphatic carbocycles. The molecular formula is C10H17N7O2S. The SMILES string of the molecule is CN(C)S(=O)(=O)CCNc1nc(NN)cn2ccnc12. The van der Waals surface area contributed by atoms with Crippen molar-refractivity contribution >= 4 is 27.3 Å². The van der Waals surface area contributed by atoms with E-state index < -0.39 is 10.0 Å². The Morgan fingerprint density at radius 1 is 1.45 bits per heavy atom. The van der Waals surface area contributed by atoms with Crippen LogP contribution in [0, 0.1) is 0 Å². The van der Waals surface area contributed by atoms with Crippen LogP contribution in [-0.4, -0.2) is 53.5 Å². The van der Waals surface area contributed by atoms with Gasteiger partial charge in [0.15, 0.2) is 17.3 Å². The first-order chi connectivity index (χ1) is 9.44. The standard InChI is InChI=1S/C10H17N7O2S/c1-16(2)20(18,19)6-4-12-9-10-13-3-5-17(10)7-8(14-9)15-11/h3,5,7,15H,4,6,11H2,1-2H3,(H,12,14). The zero-order chi connectivity index (χ0) is 14.8. The molecule has 2 aromatic rings. The predicted molar refractivity (Wildman–Crippen MR) is 76.8 cm³/mol.